The number of carbonyl (C=O) groups excluding carboxylic acids is 1. The van der Waals surface area contributed by atoms with E-state index in [0.29, 0.717) is 11.3 Å². The van der Waals surface area contributed by atoms with Crippen molar-refractivity contribution >= 4 is 5.97 Å². The van der Waals surface area contributed by atoms with Crippen molar-refractivity contribution in [3.8, 4) is 5.75 Å². The maximum absolute atomic E-state index is 12.2. The highest BCUT2D eigenvalue weighted by Gasteiger charge is 2.16. The number of carbonyl (C=O) groups is 1. The number of nitrogens with zero attached hydrogens (tertiary/aromatic N) is 1. The van der Waals surface area contributed by atoms with Crippen LogP contribution in [0.3, 0.4) is 0 Å². The zero-order valence-corrected chi connectivity index (χ0v) is 11.5. The third-order valence-corrected chi connectivity index (χ3v) is 3.01. The Morgan fingerprint density at radius 3 is 2.30 bits per heavy atom. The Balaban J connectivity index is 2.41. The molecule has 0 fully saturated rings. The quantitative estimate of drug-likeness (QED) is 0.905. The number of aromatic nitrogens is 1. The maximum Gasteiger partial charge on any atom is 0.364 e. The monoisotopic (exact) mass is 273 g/mol. The van der Waals surface area contributed by atoms with Crippen LogP contribution in [-0.2, 0) is 0 Å². The number of hydrogen-bond acceptors (Lipinski definition) is 4. The Morgan fingerprint density at radius 2 is 1.75 bits per heavy atom. The van der Waals surface area contributed by atoms with Crippen LogP contribution in [0.1, 0.15) is 27.2 Å². The normalized spacial score (nSPS) is 10.3. The Hall–Kier alpha value is -2.56. The van der Waals surface area contributed by atoms with Crippen molar-refractivity contribution in [3.63, 3.8) is 0 Å². The lowest BCUT2D eigenvalue weighted by atomic mass is 10.0. The molecule has 5 nitrogen and oxygen atoms in total. The molecule has 0 aliphatic rings. The van der Waals surface area contributed by atoms with E-state index in [4.69, 9.17) is 4.84 Å². The van der Waals surface area contributed by atoms with Gasteiger partial charge in [-0.05, 0) is 31.9 Å². The van der Waals surface area contributed by atoms with E-state index in [1.54, 1.807) is 32.9 Å². The third-order valence-electron chi connectivity index (χ3n) is 3.01. The molecule has 0 saturated heterocycles. The molecule has 104 valence electrons. The Morgan fingerprint density at radius 1 is 1.15 bits per heavy atom. The molecule has 5 heteroatoms. The predicted octanol–water partition coefficient (Wildman–Crippen LogP) is 1.75. The van der Waals surface area contributed by atoms with E-state index >= 15 is 0 Å². The van der Waals surface area contributed by atoms with Crippen molar-refractivity contribution in [1.82, 2.24) is 4.73 Å². The Labute approximate surface area is 116 Å². The van der Waals surface area contributed by atoms with E-state index in [-0.39, 0.29) is 5.75 Å². The molecule has 1 aromatic heterocycles. The van der Waals surface area contributed by atoms with Gasteiger partial charge in [0, 0.05) is 12.1 Å². The summed E-state index contributed by atoms with van der Waals surface area (Å²) in [6.45, 7) is 5.17. The predicted molar refractivity (Wildman–Crippen MR) is 73.9 cm³/mol. The molecule has 0 amide bonds. The van der Waals surface area contributed by atoms with Crippen LogP contribution in [0, 0.1) is 20.8 Å². The second-order valence-corrected chi connectivity index (χ2v) is 4.63. The van der Waals surface area contributed by atoms with Crippen LogP contribution in [-0.4, -0.2) is 15.8 Å². The van der Waals surface area contributed by atoms with Crippen molar-refractivity contribution < 1.29 is 14.7 Å². The summed E-state index contributed by atoms with van der Waals surface area (Å²) in [6, 6.07) is 7.79. The molecular formula is C15H15NO4. The molecule has 0 atom stereocenters. The van der Waals surface area contributed by atoms with Gasteiger partial charge in [-0.25, -0.2) is 4.79 Å². The number of aryl methyl sites for hydroxylation is 3. The number of aromatic hydroxyl groups is 1. The fraction of sp³-hybridized carbons (Fsp3) is 0.200. The van der Waals surface area contributed by atoms with E-state index in [0.717, 1.165) is 21.9 Å². The van der Waals surface area contributed by atoms with Crippen LogP contribution in [0.2, 0.25) is 0 Å². The SMILES string of the molecule is Cc1cccc(C)c1C(=O)On1c(C)cc(O)cc1=O. The molecular weight excluding hydrogens is 258 g/mol. The first kappa shape index (κ1) is 13.9. The summed E-state index contributed by atoms with van der Waals surface area (Å²) >= 11 is 0. The highest BCUT2D eigenvalue weighted by molar-refractivity contribution is 5.92. The van der Waals surface area contributed by atoms with E-state index in [1.807, 2.05) is 6.07 Å². The first-order valence-corrected chi connectivity index (χ1v) is 6.11. The third kappa shape index (κ3) is 2.56. The van der Waals surface area contributed by atoms with Gasteiger partial charge in [-0.3, -0.25) is 4.79 Å². The lowest BCUT2D eigenvalue weighted by Crippen LogP contribution is -2.32. The van der Waals surface area contributed by atoms with Crippen molar-refractivity contribution in [2.45, 2.75) is 20.8 Å². The fourth-order valence-corrected chi connectivity index (χ4v) is 2.06. The molecule has 0 aliphatic heterocycles. The van der Waals surface area contributed by atoms with E-state index in [9.17, 15) is 14.7 Å². The van der Waals surface area contributed by atoms with Gasteiger partial charge in [0.25, 0.3) is 5.56 Å². The number of benzene rings is 1. The lowest BCUT2D eigenvalue weighted by Gasteiger charge is -2.12. The molecule has 0 bridgehead atoms. The first-order valence-electron chi connectivity index (χ1n) is 6.11. The van der Waals surface area contributed by atoms with Gasteiger partial charge in [0.2, 0.25) is 0 Å². The van der Waals surface area contributed by atoms with Gasteiger partial charge in [0.05, 0.1) is 11.3 Å². The zero-order chi connectivity index (χ0) is 14.9. The molecule has 0 unspecified atom stereocenters. The van der Waals surface area contributed by atoms with Gasteiger partial charge in [-0.1, -0.05) is 18.2 Å². The van der Waals surface area contributed by atoms with Crippen LogP contribution >= 0.6 is 0 Å². The summed E-state index contributed by atoms with van der Waals surface area (Å²) in [7, 11) is 0. The second-order valence-electron chi connectivity index (χ2n) is 4.63. The van der Waals surface area contributed by atoms with Gasteiger partial charge in [-0.15, -0.1) is 4.73 Å². The summed E-state index contributed by atoms with van der Waals surface area (Å²) < 4.78 is 0.869. The van der Waals surface area contributed by atoms with Crippen LogP contribution in [0.25, 0.3) is 0 Å². The summed E-state index contributed by atoms with van der Waals surface area (Å²) in [5.41, 5.74) is 1.74. The average molecular weight is 273 g/mol. The smallest absolute Gasteiger partial charge is 0.364 e. The molecule has 2 aromatic rings. The number of hydrogen-bond donors (Lipinski definition) is 1. The van der Waals surface area contributed by atoms with Crippen molar-refractivity contribution in [1.29, 1.82) is 0 Å². The first-order chi connectivity index (χ1) is 9.40. The van der Waals surface area contributed by atoms with Crippen LogP contribution in [0.4, 0.5) is 0 Å². The molecule has 1 heterocycles. The van der Waals surface area contributed by atoms with E-state index in [1.165, 1.54) is 6.07 Å². The molecule has 0 saturated carbocycles. The summed E-state index contributed by atoms with van der Waals surface area (Å²) in [5, 5.41) is 9.30. The average Bonchev–Trinajstić information content (AvgIpc) is 2.33. The standard InChI is InChI=1S/C15H15NO4/c1-9-5-4-6-10(2)14(9)15(19)20-16-11(3)7-12(17)8-13(16)18/h4-8,17H,1-3H3. The fourth-order valence-electron chi connectivity index (χ4n) is 2.06. The summed E-state index contributed by atoms with van der Waals surface area (Å²) in [5.74, 6) is -0.761. The minimum absolute atomic E-state index is 0.160. The highest BCUT2D eigenvalue weighted by atomic mass is 16.7. The van der Waals surface area contributed by atoms with Gasteiger partial charge in [0.1, 0.15) is 5.75 Å². The largest absolute Gasteiger partial charge is 0.508 e. The highest BCUT2D eigenvalue weighted by Crippen LogP contribution is 2.14. The summed E-state index contributed by atoms with van der Waals surface area (Å²) in [4.78, 5) is 29.1. The van der Waals surface area contributed by atoms with Crippen LogP contribution < -0.4 is 10.4 Å². The van der Waals surface area contributed by atoms with Crippen molar-refractivity contribution in [2.75, 3.05) is 0 Å². The van der Waals surface area contributed by atoms with Crippen molar-refractivity contribution in [3.05, 3.63) is 63.1 Å². The van der Waals surface area contributed by atoms with Gasteiger partial charge < -0.3 is 9.94 Å². The molecule has 1 N–H and O–H groups in total. The lowest BCUT2D eigenvalue weighted by molar-refractivity contribution is 0.0429. The molecule has 0 radical (unpaired) electrons. The molecule has 1 aromatic carbocycles. The van der Waals surface area contributed by atoms with Gasteiger partial charge >= 0.3 is 5.97 Å². The minimum atomic E-state index is -0.600. The molecule has 2 rings (SSSR count). The maximum atomic E-state index is 12.2. The molecule has 0 spiro atoms. The van der Waals surface area contributed by atoms with E-state index in [2.05, 4.69) is 0 Å². The van der Waals surface area contributed by atoms with E-state index < -0.39 is 11.5 Å². The Bertz CT molecular complexity index is 711. The molecule has 20 heavy (non-hydrogen) atoms. The minimum Gasteiger partial charge on any atom is -0.508 e. The second kappa shape index (κ2) is 5.21. The topological polar surface area (TPSA) is 68.5 Å². The van der Waals surface area contributed by atoms with Crippen molar-refractivity contribution in [2.24, 2.45) is 0 Å². The van der Waals surface area contributed by atoms with Gasteiger partial charge in [0.15, 0.2) is 0 Å². The van der Waals surface area contributed by atoms with Crippen LogP contribution in [0.5, 0.6) is 5.75 Å². The zero-order valence-electron chi connectivity index (χ0n) is 11.5. The van der Waals surface area contributed by atoms with Crippen LogP contribution in [0.15, 0.2) is 35.1 Å². The number of pyridine rings is 1. The molecule has 0 aliphatic carbocycles. The number of rotatable bonds is 2. The summed E-state index contributed by atoms with van der Waals surface area (Å²) in [6.07, 6.45) is 0. The van der Waals surface area contributed by atoms with Gasteiger partial charge in [-0.2, -0.15) is 0 Å². The Kier molecular flexibility index (Phi) is 3.61.